The molecule has 0 heterocycles. The largest absolute Gasteiger partial charge is 0.393 e. The Labute approximate surface area is 101 Å². The lowest BCUT2D eigenvalue weighted by atomic mass is 9.69. The van der Waals surface area contributed by atoms with Crippen molar-refractivity contribution >= 4 is 17.4 Å². The molecule has 3 heteroatoms. The molecule has 3 aliphatic carbocycles. The molecule has 2 bridgehead atoms. The van der Waals surface area contributed by atoms with Gasteiger partial charge in [-0.15, -0.1) is 0 Å². The highest BCUT2D eigenvalue weighted by molar-refractivity contribution is 6.29. The van der Waals surface area contributed by atoms with Crippen LogP contribution in [0.2, 0.25) is 0 Å². The summed E-state index contributed by atoms with van der Waals surface area (Å²) in [6.45, 7) is 1.93. The van der Waals surface area contributed by atoms with Gasteiger partial charge in [0.15, 0.2) is 0 Å². The molecule has 2 nitrogen and oxygen atoms in total. The molecule has 0 aliphatic heterocycles. The van der Waals surface area contributed by atoms with Crippen LogP contribution in [0.15, 0.2) is 10.6 Å². The Balaban J connectivity index is 2.04. The van der Waals surface area contributed by atoms with E-state index in [9.17, 15) is 9.90 Å². The van der Waals surface area contributed by atoms with Gasteiger partial charge < -0.3 is 5.11 Å². The van der Waals surface area contributed by atoms with Crippen LogP contribution in [0.4, 0.5) is 0 Å². The summed E-state index contributed by atoms with van der Waals surface area (Å²) in [5, 5.41) is 11.0. The molecule has 0 unspecified atom stereocenters. The first-order chi connectivity index (χ1) is 7.61. The summed E-state index contributed by atoms with van der Waals surface area (Å²) in [5.41, 5.74) is 1.28. The molecule has 0 radical (unpaired) electrons. The van der Waals surface area contributed by atoms with E-state index < -0.39 is 0 Å². The van der Waals surface area contributed by atoms with Gasteiger partial charge in [0.25, 0.3) is 0 Å². The fourth-order valence-corrected chi connectivity index (χ4v) is 4.62. The van der Waals surface area contributed by atoms with Crippen molar-refractivity contribution in [3.63, 3.8) is 0 Å². The van der Waals surface area contributed by atoms with Crippen LogP contribution in [0.25, 0.3) is 0 Å². The van der Waals surface area contributed by atoms with Gasteiger partial charge in [-0.05, 0) is 43.6 Å². The minimum Gasteiger partial charge on any atom is -0.393 e. The molecule has 0 spiro atoms. The SMILES string of the molecule is C/C(Cl)=C1/[C@H]2CC[C@@H]1[C@@H]1C(=O)CC[C@@H](O)[C@H]12. The minimum atomic E-state index is -0.288. The number of hydrogen-bond acceptors (Lipinski definition) is 2. The summed E-state index contributed by atoms with van der Waals surface area (Å²) >= 11 is 6.16. The van der Waals surface area contributed by atoms with Crippen molar-refractivity contribution in [1.82, 2.24) is 0 Å². The van der Waals surface area contributed by atoms with Gasteiger partial charge in [0.1, 0.15) is 5.78 Å². The van der Waals surface area contributed by atoms with Crippen molar-refractivity contribution in [3.05, 3.63) is 10.6 Å². The van der Waals surface area contributed by atoms with Crippen molar-refractivity contribution in [2.24, 2.45) is 23.7 Å². The van der Waals surface area contributed by atoms with E-state index >= 15 is 0 Å². The topological polar surface area (TPSA) is 37.3 Å². The third-order valence-electron chi connectivity index (χ3n) is 4.80. The molecule has 0 aromatic rings. The first-order valence-electron chi connectivity index (χ1n) is 6.18. The molecular formula is C13H17ClO2. The molecule has 0 amide bonds. The number of Topliss-reactive ketones (excluding diaryl/α,β-unsaturated/α-hetero) is 1. The predicted octanol–water partition coefficient (Wildman–Crippen LogP) is 2.50. The molecule has 3 rings (SSSR count). The van der Waals surface area contributed by atoms with Gasteiger partial charge in [0.2, 0.25) is 0 Å². The number of rotatable bonds is 0. The molecular weight excluding hydrogens is 224 g/mol. The number of hydrogen-bond donors (Lipinski definition) is 1. The molecule has 3 fully saturated rings. The molecule has 16 heavy (non-hydrogen) atoms. The van der Waals surface area contributed by atoms with E-state index in [0.29, 0.717) is 30.5 Å². The number of ketones is 1. The highest BCUT2D eigenvalue weighted by Crippen LogP contribution is 2.60. The van der Waals surface area contributed by atoms with Crippen LogP contribution in [0.3, 0.4) is 0 Å². The lowest BCUT2D eigenvalue weighted by Crippen LogP contribution is -2.41. The van der Waals surface area contributed by atoms with E-state index in [0.717, 1.165) is 17.9 Å². The van der Waals surface area contributed by atoms with Crippen molar-refractivity contribution < 1.29 is 9.90 Å². The van der Waals surface area contributed by atoms with Gasteiger partial charge in [0, 0.05) is 23.3 Å². The maximum Gasteiger partial charge on any atom is 0.137 e. The second-order valence-corrected chi connectivity index (χ2v) is 6.02. The van der Waals surface area contributed by atoms with Gasteiger partial charge in [-0.2, -0.15) is 0 Å². The number of allylic oxidation sites excluding steroid dienone is 2. The highest BCUT2D eigenvalue weighted by Gasteiger charge is 2.57. The Morgan fingerprint density at radius 3 is 2.62 bits per heavy atom. The Morgan fingerprint density at radius 2 is 2.00 bits per heavy atom. The summed E-state index contributed by atoms with van der Waals surface area (Å²) in [4.78, 5) is 12.0. The summed E-state index contributed by atoms with van der Waals surface area (Å²) in [7, 11) is 0. The Kier molecular flexibility index (Phi) is 2.41. The van der Waals surface area contributed by atoms with Crippen molar-refractivity contribution in [1.29, 1.82) is 0 Å². The monoisotopic (exact) mass is 240 g/mol. The summed E-state index contributed by atoms with van der Waals surface area (Å²) in [6, 6.07) is 0. The molecule has 3 saturated carbocycles. The number of fused-ring (bicyclic) bond motifs is 5. The third kappa shape index (κ3) is 1.26. The van der Waals surface area contributed by atoms with E-state index in [1.54, 1.807) is 0 Å². The van der Waals surface area contributed by atoms with Crippen LogP contribution >= 0.6 is 11.6 Å². The van der Waals surface area contributed by atoms with Crippen molar-refractivity contribution in [2.75, 3.05) is 0 Å². The predicted molar refractivity (Wildman–Crippen MR) is 62.0 cm³/mol. The molecule has 1 N–H and O–H groups in total. The van der Waals surface area contributed by atoms with Gasteiger partial charge >= 0.3 is 0 Å². The van der Waals surface area contributed by atoms with Crippen molar-refractivity contribution in [3.8, 4) is 0 Å². The van der Waals surface area contributed by atoms with Crippen LogP contribution in [0.1, 0.15) is 32.6 Å². The summed E-state index contributed by atoms with van der Waals surface area (Å²) in [6.07, 6.45) is 3.11. The molecule has 3 aliphatic rings. The van der Waals surface area contributed by atoms with E-state index in [1.807, 2.05) is 6.92 Å². The van der Waals surface area contributed by atoms with Crippen LogP contribution in [-0.4, -0.2) is 17.0 Å². The van der Waals surface area contributed by atoms with Gasteiger partial charge in [0.05, 0.1) is 6.10 Å². The second-order valence-electron chi connectivity index (χ2n) is 5.45. The Hall–Kier alpha value is -0.340. The maximum atomic E-state index is 12.0. The van der Waals surface area contributed by atoms with Crippen LogP contribution in [0, 0.1) is 23.7 Å². The number of carbonyl (C=O) groups excluding carboxylic acids is 1. The van der Waals surface area contributed by atoms with Gasteiger partial charge in [-0.1, -0.05) is 11.6 Å². The summed E-state index contributed by atoms with van der Waals surface area (Å²) < 4.78 is 0. The molecule has 0 aromatic heterocycles. The zero-order valence-electron chi connectivity index (χ0n) is 9.45. The number of aliphatic hydroxyl groups is 1. The second kappa shape index (κ2) is 3.58. The fourth-order valence-electron chi connectivity index (χ4n) is 4.34. The lowest BCUT2D eigenvalue weighted by Gasteiger charge is -2.36. The average molecular weight is 241 g/mol. The first kappa shape index (κ1) is 10.8. The zero-order valence-corrected chi connectivity index (χ0v) is 10.2. The van der Waals surface area contributed by atoms with Gasteiger partial charge in [-0.25, -0.2) is 0 Å². The van der Waals surface area contributed by atoms with Crippen LogP contribution in [0.5, 0.6) is 0 Å². The highest BCUT2D eigenvalue weighted by atomic mass is 35.5. The molecule has 5 atom stereocenters. The van der Waals surface area contributed by atoms with E-state index in [1.165, 1.54) is 5.57 Å². The molecule has 0 aromatic carbocycles. The van der Waals surface area contributed by atoms with Crippen molar-refractivity contribution in [2.45, 2.75) is 38.7 Å². The third-order valence-corrected chi connectivity index (χ3v) is 5.02. The minimum absolute atomic E-state index is 0.0752. The molecule has 88 valence electrons. The quantitative estimate of drug-likeness (QED) is 0.707. The number of aliphatic hydroxyl groups excluding tert-OH is 1. The standard InChI is InChI=1S/C13H17ClO2/c1-6(14)11-7-2-3-8(11)13-10(16)5-4-9(15)12(7)13/h7-9,12-13,15H,2-5H2,1H3/b11-6+/t7-,8+,9-,12-,13-/m1/s1. The maximum absolute atomic E-state index is 12.0. The normalized spacial score (nSPS) is 49.4. The zero-order chi connectivity index (χ0) is 11.4. The first-order valence-corrected chi connectivity index (χ1v) is 6.56. The number of halogens is 1. The Morgan fingerprint density at radius 1 is 1.31 bits per heavy atom. The van der Waals surface area contributed by atoms with Gasteiger partial charge in [-0.3, -0.25) is 4.79 Å². The molecule has 0 saturated heterocycles. The van der Waals surface area contributed by atoms with Crippen LogP contribution in [-0.2, 0) is 4.79 Å². The van der Waals surface area contributed by atoms with E-state index in [4.69, 9.17) is 11.6 Å². The van der Waals surface area contributed by atoms with E-state index in [2.05, 4.69) is 0 Å². The Bertz CT molecular complexity index is 370. The lowest BCUT2D eigenvalue weighted by molar-refractivity contribution is -0.133. The smallest absolute Gasteiger partial charge is 0.137 e. The summed E-state index contributed by atoms with van der Waals surface area (Å²) in [5.74, 6) is 1.33. The van der Waals surface area contributed by atoms with Crippen LogP contribution < -0.4 is 0 Å². The average Bonchev–Trinajstić information content (AvgIpc) is 2.79. The number of carbonyl (C=O) groups is 1. The fraction of sp³-hybridized carbons (Fsp3) is 0.769. The van der Waals surface area contributed by atoms with E-state index in [-0.39, 0.29) is 17.9 Å².